The largest absolute Gasteiger partial charge is 0.354 e. The van der Waals surface area contributed by atoms with Gasteiger partial charge >= 0.3 is 0 Å². The summed E-state index contributed by atoms with van der Waals surface area (Å²) in [5.41, 5.74) is 3.48. The molecule has 0 atom stereocenters. The first-order chi connectivity index (χ1) is 13.9. The fraction of sp³-hybridized carbons (Fsp3) is 0.333. The molecule has 2 heterocycles. The zero-order chi connectivity index (χ0) is 20.6. The van der Waals surface area contributed by atoms with Crippen LogP contribution in [0.15, 0.2) is 47.4 Å². The van der Waals surface area contributed by atoms with Crippen molar-refractivity contribution in [2.75, 3.05) is 31.1 Å². The lowest BCUT2D eigenvalue weighted by molar-refractivity contribution is -0.122. The molecule has 7 nitrogen and oxygen atoms in total. The Labute approximate surface area is 170 Å². The van der Waals surface area contributed by atoms with Crippen molar-refractivity contribution in [1.82, 2.24) is 9.62 Å². The van der Waals surface area contributed by atoms with Crippen molar-refractivity contribution in [2.24, 2.45) is 0 Å². The summed E-state index contributed by atoms with van der Waals surface area (Å²) < 4.78 is 27.0. The second kappa shape index (κ2) is 7.61. The number of fused-ring (bicyclic) bond motifs is 1. The molecule has 8 heteroatoms. The maximum atomic E-state index is 13.2. The number of sulfonamides is 1. The van der Waals surface area contributed by atoms with E-state index in [2.05, 4.69) is 11.4 Å². The molecular formula is C21H23N3O4S. The van der Waals surface area contributed by atoms with Gasteiger partial charge in [-0.25, -0.2) is 8.42 Å². The minimum Gasteiger partial charge on any atom is -0.354 e. The molecule has 0 saturated carbocycles. The fourth-order valence-electron chi connectivity index (χ4n) is 3.85. The number of carbonyl (C=O) groups is 2. The van der Waals surface area contributed by atoms with Crippen LogP contribution in [-0.2, 0) is 21.2 Å². The van der Waals surface area contributed by atoms with E-state index < -0.39 is 10.0 Å². The molecular weight excluding hydrogens is 390 g/mol. The predicted octanol–water partition coefficient (Wildman–Crippen LogP) is 1.71. The van der Waals surface area contributed by atoms with Crippen LogP contribution in [0.4, 0.5) is 5.69 Å². The summed E-state index contributed by atoms with van der Waals surface area (Å²) in [5.74, 6) is -0.546. The summed E-state index contributed by atoms with van der Waals surface area (Å²) in [6, 6.07) is 12.1. The molecule has 2 aromatic carbocycles. The van der Waals surface area contributed by atoms with E-state index in [9.17, 15) is 18.0 Å². The normalized spacial score (nSPS) is 17.6. The van der Waals surface area contributed by atoms with Gasteiger partial charge in [-0.15, -0.1) is 0 Å². The average molecular weight is 413 g/mol. The van der Waals surface area contributed by atoms with Gasteiger partial charge in [0.2, 0.25) is 15.9 Å². The zero-order valence-corrected chi connectivity index (χ0v) is 17.0. The van der Waals surface area contributed by atoms with Crippen LogP contribution in [-0.4, -0.2) is 50.7 Å². The summed E-state index contributed by atoms with van der Waals surface area (Å²) in [5, 5.41) is 2.62. The summed E-state index contributed by atoms with van der Waals surface area (Å²) in [6.07, 6.45) is 1.79. The smallest absolute Gasteiger partial charge is 0.258 e. The highest BCUT2D eigenvalue weighted by Gasteiger charge is 2.30. The number of benzene rings is 2. The predicted molar refractivity (Wildman–Crippen MR) is 109 cm³/mol. The van der Waals surface area contributed by atoms with Crippen molar-refractivity contribution in [2.45, 2.75) is 24.7 Å². The first kappa shape index (κ1) is 19.6. The molecule has 2 aliphatic heterocycles. The van der Waals surface area contributed by atoms with Crippen LogP contribution in [0.25, 0.3) is 0 Å². The molecule has 2 aromatic rings. The molecule has 0 bridgehead atoms. The maximum absolute atomic E-state index is 13.2. The molecule has 0 aliphatic carbocycles. The van der Waals surface area contributed by atoms with E-state index in [4.69, 9.17) is 0 Å². The molecule has 29 heavy (non-hydrogen) atoms. The van der Waals surface area contributed by atoms with Gasteiger partial charge in [0.25, 0.3) is 5.91 Å². The monoisotopic (exact) mass is 413 g/mol. The Morgan fingerprint density at radius 3 is 2.72 bits per heavy atom. The van der Waals surface area contributed by atoms with E-state index in [1.807, 2.05) is 19.1 Å². The Bertz CT molecular complexity index is 1080. The third kappa shape index (κ3) is 3.77. The summed E-state index contributed by atoms with van der Waals surface area (Å²) in [7, 11) is -3.85. The third-order valence-electron chi connectivity index (χ3n) is 5.32. The van der Waals surface area contributed by atoms with Crippen LogP contribution in [0.2, 0.25) is 0 Å². The van der Waals surface area contributed by atoms with Gasteiger partial charge < -0.3 is 10.2 Å². The lowest BCUT2D eigenvalue weighted by Crippen LogP contribution is -2.49. The van der Waals surface area contributed by atoms with E-state index in [0.717, 1.165) is 34.0 Å². The molecule has 152 valence electrons. The van der Waals surface area contributed by atoms with Crippen molar-refractivity contribution in [1.29, 1.82) is 0 Å². The summed E-state index contributed by atoms with van der Waals surface area (Å²) in [6.45, 7) is 2.90. The number of anilines is 1. The standard InChI is InChI=1S/C21H23N3O4S/c1-15-7-8-19-16(12-15)5-3-10-24(19)21(26)17-4-2-6-18(13-17)29(27,28)23-11-9-22-20(25)14-23/h2,4,6-8,12-13H,3,5,9-11,14H2,1H3,(H,22,25). The van der Waals surface area contributed by atoms with Crippen LogP contribution < -0.4 is 10.2 Å². The van der Waals surface area contributed by atoms with Gasteiger partial charge in [-0.2, -0.15) is 4.31 Å². The topological polar surface area (TPSA) is 86.8 Å². The molecule has 1 fully saturated rings. The molecule has 0 radical (unpaired) electrons. The number of piperazine rings is 1. The third-order valence-corrected chi connectivity index (χ3v) is 7.16. The van der Waals surface area contributed by atoms with Crippen LogP contribution in [0.3, 0.4) is 0 Å². The van der Waals surface area contributed by atoms with Gasteiger partial charge in [-0.1, -0.05) is 23.8 Å². The molecule has 4 rings (SSSR count). The Kier molecular flexibility index (Phi) is 5.14. The number of carbonyl (C=O) groups excluding carboxylic acids is 2. The van der Waals surface area contributed by atoms with Crippen LogP contribution in [0, 0.1) is 6.92 Å². The van der Waals surface area contributed by atoms with Gasteiger partial charge in [0.1, 0.15) is 0 Å². The minimum atomic E-state index is -3.85. The summed E-state index contributed by atoms with van der Waals surface area (Å²) in [4.78, 5) is 26.6. The number of aryl methyl sites for hydroxylation is 2. The van der Waals surface area contributed by atoms with Gasteiger partial charge in [-0.3, -0.25) is 9.59 Å². The molecule has 0 unspecified atom stereocenters. The molecule has 0 aromatic heterocycles. The molecule has 2 amide bonds. The number of amides is 2. The number of hydrogen-bond donors (Lipinski definition) is 1. The van der Waals surface area contributed by atoms with Gasteiger partial charge in [0.05, 0.1) is 11.4 Å². The highest BCUT2D eigenvalue weighted by molar-refractivity contribution is 7.89. The zero-order valence-electron chi connectivity index (χ0n) is 16.2. The maximum Gasteiger partial charge on any atom is 0.258 e. The van der Waals surface area contributed by atoms with E-state index in [0.29, 0.717) is 12.1 Å². The molecule has 1 N–H and O–H groups in total. The Hall–Kier alpha value is -2.71. The molecule has 0 spiro atoms. The highest BCUT2D eigenvalue weighted by Crippen LogP contribution is 2.30. The van der Waals surface area contributed by atoms with Gasteiger partial charge in [0, 0.05) is 30.9 Å². The molecule has 2 aliphatic rings. The van der Waals surface area contributed by atoms with E-state index in [1.54, 1.807) is 17.0 Å². The number of nitrogens with one attached hydrogen (secondary N) is 1. The van der Waals surface area contributed by atoms with E-state index in [1.165, 1.54) is 12.1 Å². The van der Waals surface area contributed by atoms with Crippen LogP contribution in [0.1, 0.15) is 27.9 Å². The van der Waals surface area contributed by atoms with Crippen molar-refractivity contribution in [3.8, 4) is 0 Å². The van der Waals surface area contributed by atoms with Crippen molar-refractivity contribution in [3.63, 3.8) is 0 Å². The quantitative estimate of drug-likeness (QED) is 0.830. The van der Waals surface area contributed by atoms with E-state index >= 15 is 0 Å². The molecule has 1 saturated heterocycles. The Balaban J connectivity index is 1.64. The second-order valence-electron chi connectivity index (χ2n) is 7.41. The number of rotatable bonds is 3. The second-order valence-corrected chi connectivity index (χ2v) is 9.35. The minimum absolute atomic E-state index is 0.0270. The first-order valence-electron chi connectivity index (χ1n) is 9.64. The van der Waals surface area contributed by atoms with Gasteiger partial charge in [-0.05, 0) is 49.6 Å². The van der Waals surface area contributed by atoms with Crippen molar-refractivity contribution in [3.05, 3.63) is 59.2 Å². The number of hydrogen-bond acceptors (Lipinski definition) is 4. The van der Waals surface area contributed by atoms with Gasteiger partial charge in [0.15, 0.2) is 0 Å². The lowest BCUT2D eigenvalue weighted by atomic mass is 9.99. The summed E-state index contributed by atoms with van der Waals surface area (Å²) >= 11 is 0. The average Bonchev–Trinajstić information content (AvgIpc) is 2.72. The SMILES string of the molecule is Cc1ccc2c(c1)CCCN2C(=O)c1cccc(S(=O)(=O)N2CCNC(=O)C2)c1. The Morgan fingerprint density at radius 1 is 1.10 bits per heavy atom. The van der Waals surface area contributed by atoms with Crippen LogP contribution in [0.5, 0.6) is 0 Å². The highest BCUT2D eigenvalue weighted by atomic mass is 32.2. The first-order valence-corrected chi connectivity index (χ1v) is 11.1. The van der Waals surface area contributed by atoms with Crippen molar-refractivity contribution < 1.29 is 18.0 Å². The number of nitrogens with zero attached hydrogens (tertiary/aromatic N) is 2. The van der Waals surface area contributed by atoms with E-state index in [-0.39, 0.29) is 36.3 Å². The fourth-order valence-corrected chi connectivity index (χ4v) is 5.30. The Morgan fingerprint density at radius 2 is 1.93 bits per heavy atom. The lowest BCUT2D eigenvalue weighted by Gasteiger charge is -2.30. The van der Waals surface area contributed by atoms with Crippen LogP contribution >= 0.6 is 0 Å². The van der Waals surface area contributed by atoms with Crippen molar-refractivity contribution >= 4 is 27.5 Å².